The number of nitrogens with two attached hydrogens (primary N) is 1. The number of amides is 2. The topological polar surface area (TPSA) is 85.5 Å². The van der Waals surface area contributed by atoms with Gasteiger partial charge in [-0.05, 0) is 53.4 Å². The molecule has 1 fully saturated rings. The molecular weight excluding hydrogens is 421 g/mol. The van der Waals surface area contributed by atoms with Gasteiger partial charge in [-0.2, -0.15) is 0 Å². The van der Waals surface area contributed by atoms with Gasteiger partial charge in [-0.3, -0.25) is 9.78 Å². The van der Waals surface area contributed by atoms with E-state index in [1.165, 1.54) is 12.1 Å². The van der Waals surface area contributed by atoms with Gasteiger partial charge in [0.1, 0.15) is 11.4 Å². The van der Waals surface area contributed by atoms with Crippen molar-refractivity contribution in [3.63, 3.8) is 0 Å². The lowest BCUT2D eigenvalue weighted by Crippen LogP contribution is -2.49. The van der Waals surface area contributed by atoms with Gasteiger partial charge in [0.25, 0.3) is 0 Å². The van der Waals surface area contributed by atoms with Crippen molar-refractivity contribution < 1.29 is 18.7 Å². The van der Waals surface area contributed by atoms with Gasteiger partial charge in [-0.1, -0.05) is 36.4 Å². The predicted molar refractivity (Wildman–Crippen MR) is 122 cm³/mol. The lowest BCUT2D eigenvalue weighted by atomic mass is 9.84. The Morgan fingerprint density at radius 1 is 1.09 bits per heavy atom. The van der Waals surface area contributed by atoms with Crippen molar-refractivity contribution in [1.82, 2.24) is 9.88 Å². The highest BCUT2D eigenvalue weighted by Crippen LogP contribution is 2.40. The molecule has 2 heterocycles. The third kappa shape index (κ3) is 4.87. The summed E-state index contributed by atoms with van der Waals surface area (Å²) in [5.74, 6) is -0.853. The summed E-state index contributed by atoms with van der Waals surface area (Å²) in [4.78, 5) is 30.3. The molecule has 0 saturated carbocycles. The maximum absolute atomic E-state index is 13.5. The summed E-state index contributed by atoms with van der Waals surface area (Å²) in [5, 5.41) is 0. The molecule has 2 amide bonds. The van der Waals surface area contributed by atoms with Crippen molar-refractivity contribution >= 4 is 12.0 Å². The van der Waals surface area contributed by atoms with E-state index >= 15 is 0 Å². The number of cyclic esters (lactones) is 1. The van der Waals surface area contributed by atoms with E-state index in [1.807, 2.05) is 43.3 Å². The Morgan fingerprint density at radius 3 is 2.33 bits per heavy atom. The fourth-order valence-electron chi connectivity index (χ4n) is 4.30. The second kappa shape index (κ2) is 9.40. The van der Waals surface area contributed by atoms with Crippen LogP contribution in [0.1, 0.15) is 43.4 Å². The summed E-state index contributed by atoms with van der Waals surface area (Å²) in [6.07, 6.45) is 3.82. The van der Waals surface area contributed by atoms with E-state index in [1.54, 1.807) is 29.4 Å². The molecule has 0 bridgehead atoms. The van der Waals surface area contributed by atoms with E-state index in [9.17, 15) is 14.0 Å². The number of carbonyl (C=O) groups is 2. The Balaban J connectivity index is 1.52. The molecule has 3 aromatic rings. The summed E-state index contributed by atoms with van der Waals surface area (Å²) in [6, 6.07) is 17.6. The molecule has 7 heteroatoms. The minimum atomic E-state index is -1.01. The van der Waals surface area contributed by atoms with Crippen molar-refractivity contribution in [2.75, 3.05) is 6.54 Å². The van der Waals surface area contributed by atoms with E-state index in [0.29, 0.717) is 18.5 Å². The first-order chi connectivity index (χ1) is 15.9. The lowest BCUT2D eigenvalue weighted by molar-refractivity contribution is -0.121. The molecule has 1 saturated heterocycles. The Kier molecular flexibility index (Phi) is 6.40. The highest BCUT2D eigenvalue weighted by Gasteiger charge is 2.43. The third-order valence-corrected chi connectivity index (χ3v) is 6.29. The van der Waals surface area contributed by atoms with Crippen molar-refractivity contribution in [2.45, 2.75) is 37.8 Å². The number of ether oxygens (including phenoxy) is 1. The third-order valence-electron chi connectivity index (χ3n) is 6.29. The fraction of sp³-hybridized carbons (Fsp3) is 0.269. The standard InChI is InChI=1S/C26H26FN3O3/c1-18(19-2-4-20(5-3-19)21-11-15-29-16-12-21)30-17-14-26(33-25(30)32,13-10-24(28)31)22-6-8-23(27)9-7-22/h2-9,11-12,15-16,18H,10,13-14,17H2,1H3,(H2,28,31)/t18-,26+/m0/s1. The van der Waals surface area contributed by atoms with Crippen LogP contribution in [0.4, 0.5) is 9.18 Å². The molecule has 2 atom stereocenters. The van der Waals surface area contributed by atoms with Crippen molar-refractivity contribution in [2.24, 2.45) is 5.73 Å². The van der Waals surface area contributed by atoms with Crippen LogP contribution in [0.25, 0.3) is 11.1 Å². The smallest absolute Gasteiger partial charge is 0.411 e. The molecule has 6 nitrogen and oxygen atoms in total. The van der Waals surface area contributed by atoms with E-state index < -0.39 is 17.6 Å². The zero-order valence-electron chi connectivity index (χ0n) is 18.4. The first-order valence-corrected chi connectivity index (χ1v) is 10.9. The Morgan fingerprint density at radius 2 is 1.73 bits per heavy atom. The van der Waals surface area contributed by atoms with Crippen molar-refractivity contribution in [3.05, 3.63) is 90.0 Å². The number of hydrogen-bond donors (Lipinski definition) is 1. The molecule has 0 radical (unpaired) electrons. The first-order valence-electron chi connectivity index (χ1n) is 10.9. The maximum atomic E-state index is 13.5. The number of benzene rings is 2. The number of hydrogen-bond acceptors (Lipinski definition) is 4. The lowest BCUT2D eigenvalue weighted by Gasteiger charge is -2.43. The molecule has 170 valence electrons. The molecule has 0 aliphatic carbocycles. The molecule has 1 aliphatic rings. The van der Waals surface area contributed by atoms with Crippen LogP contribution in [0, 0.1) is 5.82 Å². The zero-order chi connectivity index (χ0) is 23.4. The number of primary amides is 1. The summed E-state index contributed by atoms with van der Waals surface area (Å²) in [5.41, 5.74) is 8.12. The largest absolute Gasteiger partial charge is 0.438 e. The van der Waals surface area contributed by atoms with Crippen molar-refractivity contribution in [1.29, 1.82) is 0 Å². The van der Waals surface area contributed by atoms with Gasteiger partial charge in [0.2, 0.25) is 5.91 Å². The molecule has 2 N–H and O–H groups in total. The number of nitrogens with zero attached hydrogens (tertiary/aromatic N) is 2. The van der Waals surface area contributed by atoms with E-state index in [2.05, 4.69) is 4.98 Å². The summed E-state index contributed by atoms with van der Waals surface area (Å²) in [6.45, 7) is 2.39. The number of aromatic nitrogens is 1. The van der Waals surface area contributed by atoms with E-state index in [4.69, 9.17) is 10.5 Å². The van der Waals surface area contributed by atoms with Crippen LogP contribution < -0.4 is 5.73 Å². The molecule has 1 aromatic heterocycles. The summed E-state index contributed by atoms with van der Waals surface area (Å²) >= 11 is 0. The molecule has 33 heavy (non-hydrogen) atoms. The quantitative estimate of drug-likeness (QED) is 0.555. The van der Waals surface area contributed by atoms with Crippen LogP contribution in [-0.2, 0) is 15.1 Å². The van der Waals surface area contributed by atoms with Gasteiger partial charge < -0.3 is 15.4 Å². The fourth-order valence-corrected chi connectivity index (χ4v) is 4.30. The van der Waals surface area contributed by atoms with Gasteiger partial charge in [0, 0.05) is 38.2 Å². The second-order valence-electron chi connectivity index (χ2n) is 8.31. The number of halogens is 1. The van der Waals surface area contributed by atoms with Gasteiger partial charge in [-0.15, -0.1) is 0 Å². The molecule has 0 spiro atoms. The van der Waals surface area contributed by atoms with E-state index in [-0.39, 0.29) is 24.7 Å². The average Bonchev–Trinajstić information content (AvgIpc) is 2.83. The van der Waals surface area contributed by atoms with E-state index in [0.717, 1.165) is 16.7 Å². The highest BCUT2D eigenvalue weighted by molar-refractivity contribution is 5.74. The normalized spacial score (nSPS) is 19.1. The molecule has 1 aliphatic heterocycles. The van der Waals surface area contributed by atoms with Gasteiger partial charge in [-0.25, -0.2) is 9.18 Å². The van der Waals surface area contributed by atoms with Gasteiger partial charge >= 0.3 is 6.09 Å². The number of pyridine rings is 1. The van der Waals surface area contributed by atoms with Crippen LogP contribution in [0.3, 0.4) is 0 Å². The zero-order valence-corrected chi connectivity index (χ0v) is 18.4. The maximum Gasteiger partial charge on any atom is 0.411 e. The van der Waals surface area contributed by atoms with Crippen LogP contribution in [0.15, 0.2) is 73.1 Å². The Bertz CT molecular complexity index is 1120. The molecular formula is C26H26FN3O3. The van der Waals surface area contributed by atoms with Crippen LogP contribution in [0.2, 0.25) is 0 Å². The number of carbonyl (C=O) groups excluding carboxylic acids is 2. The summed E-state index contributed by atoms with van der Waals surface area (Å²) in [7, 11) is 0. The summed E-state index contributed by atoms with van der Waals surface area (Å²) < 4.78 is 19.4. The molecule has 2 aromatic carbocycles. The molecule has 0 unspecified atom stereocenters. The van der Waals surface area contributed by atoms with Crippen molar-refractivity contribution in [3.8, 4) is 11.1 Å². The Hall–Kier alpha value is -3.74. The van der Waals surface area contributed by atoms with Crippen LogP contribution in [0.5, 0.6) is 0 Å². The average molecular weight is 448 g/mol. The highest BCUT2D eigenvalue weighted by atomic mass is 19.1. The first kappa shape index (κ1) is 22.5. The SMILES string of the molecule is C[C@@H](c1ccc(-c2ccncc2)cc1)N1CC[C@](CCC(N)=O)(c2ccc(F)cc2)OC1=O. The van der Waals surface area contributed by atoms with Crippen LogP contribution in [-0.4, -0.2) is 28.4 Å². The monoisotopic (exact) mass is 447 g/mol. The predicted octanol–water partition coefficient (Wildman–Crippen LogP) is 4.95. The minimum Gasteiger partial charge on any atom is -0.438 e. The number of rotatable bonds is 7. The van der Waals surface area contributed by atoms with Gasteiger partial charge in [0.15, 0.2) is 0 Å². The Labute approximate surface area is 192 Å². The van der Waals surface area contributed by atoms with Gasteiger partial charge in [0.05, 0.1) is 6.04 Å². The molecule has 4 rings (SSSR count). The van der Waals surface area contributed by atoms with Crippen LogP contribution >= 0.6 is 0 Å². The second-order valence-corrected chi connectivity index (χ2v) is 8.31. The minimum absolute atomic E-state index is 0.0661.